The Hall–Kier alpha value is -0.730. The standard InChI is InChI=1S/C10H15F3N2/c1-2-9(15-14)7-5-3-4-6-8(7)10(11,12)13/h1,7-9,15H,3-6,14H2. The third kappa shape index (κ3) is 2.86. The van der Waals surface area contributed by atoms with E-state index in [1.807, 2.05) is 0 Å². The molecule has 0 amide bonds. The van der Waals surface area contributed by atoms with Gasteiger partial charge in [-0.1, -0.05) is 18.8 Å². The molecule has 86 valence electrons. The highest BCUT2D eigenvalue weighted by molar-refractivity contribution is 5.04. The summed E-state index contributed by atoms with van der Waals surface area (Å²) in [6, 6.07) is -0.683. The lowest BCUT2D eigenvalue weighted by Crippen LogP contribution is -2.47. The number of halogens is 3. The topological polar surface area (TPSA) is 38.0 Å². The van der Waals surface area contributed by atoms with E-state index in [0.717, 1.165) is 6.42 Å². The molecule has 1 aliphatic carbocycles. The van der Waals surface area contributed by atoms with Crippen molar-refractivity contribution >= 4 is 0 Å². The number of rotatable bonds is 2. The molecule has 3 unspecified atom stereocenters. The van der Waals surface area contributed by atoms with Crippen LogP contribution in [0.25, 0.3) is 0 Å². The van der Waals surface area contributed by atoms with E-state index in [4.69, 9.17) is 12.3 Å². The SMILES string of the molecule is C#CC(NN)C1CCCCC1C(F)(F)F. The number of terminal acetylenes is 1. The average molecular weight is 220 g/mol. The molecule has 0 bridgehead atoms. The molecule has 15 heavy (non-hydrogen) atoms. The molecule has 0 heterocycles. The molecule has 3 N–H and O–H groups in total. The zero-order chi connectivity index (χ0) is 11.5. The van der Waals surface area contributed by atoms with Crippen LogP contribution < -0.4 is 11.3 Å². The maximum atomic E-state index is 12.7. The molecule has 2 nitrogen and oxygen atoms in total. The van der Waals surface area contributed by atoms with Crippen molar-refractivity contribution in [2.45, 2.75) is 37.9 Å². The first kappa shape index (κ1) is 12.3. The molecule has 0 spiro atoms. The third-order valence-corrected chi connectivity index (χ3v) is 3.03. The maximum absolute atomic E-state index is 12.7. The minimum atomic E-state index is -4.17. The van der Waals surface area contributed by atoms with Gasteiger partial charge in [-0.15, -0.1) is 6.42 Å². The van der Waals surface area contributed by atoms with Crippen molar-refractivity contribution in [3.8, 4) is 12.3 Å². The predicted octanol–water partition coefficient (Wildman–Crippen LogP) is 1.82. The van der Waals surface area contributed by atoms with Crippen LogP contribution in [0, 0.1) is 24.2 Å². The second kappa shape index (κ2) is 4.86. The zero-order valence-electron chi connectivity index (χ0n) is 8.35. The summed E-state index contributed by atoms with van der Waals surface area (Å²) in [6.07, 6.45) is 3.04. The molecule has 0 aromatic rings. The van der Waals surface area contributed by atoms with Crippen molar-refractivity contribution in [3.05, 3.63) is 0 Å². The average Bonchev–Trinajstić information content (AvgIpc) is 2.19. The molecule has 1 saturated carbocycles. The number of hydrazine groups is 1. The quantitative estimate of drug-likeness (QED) is 0.423. The van der Waals surface area contributed by atoms with E-state index >= 15 is 0 Å². The minimum absolute atomic E-state index is 0.161. The monoisotopic (exact) mass is 220 g/mol. The largest absolute Gasteiger partial charge is 0.392 e. The smallest absolute Gasteiger partial charge is 0.270 e. The first-order chi connectivity index (χ1) is 7.00. The van der Waals surface area contributed by atoms with Crippen molar-refractivity contribution in [1.29, 1.82) is 0 Å². The molecule has 0 radical (unpaired) electrons. The van der Waals surface area contributed by atoms with Crippen molar-refractivity contribution < 1.29 is 13.2 Å². The van der Waals surface area contributed by atoms with E-state index in [1.165, 1.54) is 0 Å². The van der Waals surface area contributed by atoms with Gasteiger partial charge in [0.1, 0.15) is 0 Å². The minimum Gasteiger partial charge on any atom is -0.270 e. The summed E-state index contributed by atoms with van der Waals surface area (Å²) >= 11 is 0. The Bertz CT molecular complexity index is 244. The van der Waals surface area contributed by atoms with Gasteiger partial charge in [-0.05, 0) is 18.8 Å². The van der Waals surface area contributed by atoms with Gasteiger partial charge >= 0.3 is 6.18 Å². The van der Waals surface area contributed by atoms with E-state index in [1.54, 1.807) is 0 Å². The Morgan fingerprint density at radius 1 is 1.33 bits per heavy atom. The summed E-state index contributed by atoms with van der Waals surface area (Å²) in [4.78, 5) is 0. The molecule has 5 heteroatoms. The van der Waals surface area contributed by atoms with Crippen molar-refractivity contribution in [2.75, 3.05) is 0 Å². The van der Waals surface area contributed by atoms with Gasteiger partial charge in [0.2, 0.25) is 0 Å². The molecule has 0 aromatic carbocycles. The summed E-state index contributed by atoms with van der Waals surface area (Å²) in [7, 11) is 0. The van der Waals surface area contributed by atoms with Crippen molar-refractivity contribution in [1.82, 2.24) is 5.43 Å². The normalized spacial score (nSPS) is 29.5. The van der Waals surface area contributed by atoms with Crippen molar-refractivity contribution in [3.63, 3.8) is 0 Å². The zero-order valence-corrected chi connectivity index (χ0v) is 8.35. The van der Waals surface area contributed by atoms with E-state index < -0.39 is 24.1 Å². The van der Waals surface area contributed by atoms with Crippen LogP contribution in [0.2, 0.25) is 0 Å². The Morgan fingerprint density at radius 2 is 1.93 bits per heavy atom. The Kier molecular flexibility index (Phi) is 4.00. The highest BCUT2D eigenvalue weighted by Gasteiger charge is 2.47. The van der Waals surface area contributed by atoms with Gasteiger partial charge in [-0.25, -0.2) is 5.43 Å². The lowest BCUT2D eigenvalue weighted by Gasteiger charge is -2.35. The summed E-state index contributed by atoms with van der Waals surface area (Å²) in [5, 5.41) is 0. The lowest BCUT2D eigenvalue weighted by atomic mass is 9.75. The Morgan fingerprint density at radius 3 is 2.40 bits per heavy atom. The van der Waals surface area contributed by atoms with Crippen LogP contribution in [0.4, 0.5) is 13.2 Å². The Balaban J connectivity index is 2.79. The van der Waals surface area contributed by atoms with Crippen LogP contribution in [0.5, 0.6) is 0 Å². The van der Waals surface area contributed by atoms with Gasteiger partial charge in [-0.3, -0.25) is 5.84 Å². The van der Waals surface area contributed by atoms with Gasteiger partial charge < -0.3 is 0 Å². The van der Waals surface area contributed by atoms with Crippen molar-refractivity contribution in [2.24, 2.45) is 17.7 Å². The van der Waals surface area contributed by atoms with Gasteiger partial charge in [-0.2, -0.15) is 13.2 Å². The molecule has 1 fully saturated rings. The number of hydrogen-bond donors (Lipinski definition) is 2. The summed E-state index contributed by atoms with van der Waals surface area (Å²) in [5.74, 6) is 5.54. The Labute approximate surface area is 87.4 Å². The highest BCUT2D eigenvalue weighted by atomic mass is 19.4. The fourth-order valence-electron chi connectivity index (χ4n) is 2.26. The fraction of sp³-hybridized carbons (Fsp3) is 0.800. The molecule has 0 aliphatic heterocycles. The summed E-state index contributed by atoms with van der Waals surface area (Å²) in [6.45, 7) is 0. The number of alkyl halides is 3. The maximum Gasteiger partial charge on any atom is 0.392 e. The van der Waals surface area contributed by atoms with Crippen LogP contribution in [-0.2, 0) is 0 Å². The van der Waals surface area contributed by atoms with E-state index in [0.29, 0.717) is 12.8 Å². The molecule has 1 aliphatic rings. The first-order valence-corrected chi connectivity index (χ1v) is 4.99. The van der Waals surface area contributed by atoms with Crippen LogP contribution >= 0.6 is 0 Å². The first-order valence-electron chi connectivity index (χ1n) is 4.99. The van der Waals surface area contributed by atoms with Crippen LogP contribution in [0.15, 0.2) is 0 Å². The van der Waals surface area contributed by atoms with Gasteiger partial charge in [0.15, 0.2) is 0 Å². The van der Waals surface area contributed by atoms with Crippen LogP contribution in [0.3, 0.4) is 0 Å². The van der Waals surface area contributed by atoms with Gasteiger partial charge in [0.05, 0.1) is 12.0 Å². The number of nitrogens with one attached hydrogen (secondary N) is 1. The van der Waals surface area contributed by atoms with E-state index in [2.05, 4.69) is 11.3 Å². The summed E-state index contributed by atoms with van der Waals surface area (Å²) < 4.78 is 38.1. The highest BCUT2D eigenvalue weighted by Crippen LogP contribution is 2.42. The molecule has 0 saturated heterocycles. The lowest BCUT2D eigenvalue weighted by molar-refractivity contribution is -0.197. The molecular weight excluding hydrogens is 205 g/mol. The molecular formula is C10H15F3N2. The van der Waals surface area contributed by atoms with Gasteiger partial charge in [0.25, 0.3) is 0 Å². The van der Waals surface area contributed by atoms with Crippen LogP contribution in [0.1, 0.15) is 25.7 Å². The molecule has 3 atom stereocenters. The predicted molar refractivity (Wildman–Crippen MR) is 51.4 cm³/mol. The molecule has 0 aromatic heterocycles. The number of hydrogen-bond acceptors (Lipinski definition) is 2. The van der Waals surface area contributed by atoms with E-state index in [-0.39, 0.29) is 6.42 Å². The third-order valence-electron chi connectivity index (χ3n) is 3.03. The second-order valence-electron chi connectivity index (χ2n) is 3.91. The number of nitrogens with two attached hydrogens (primary N) is 1. The summed E-state index contributed by atoms with van der Waals surface area (Å²) in [5.41, 5.74) is 2.29. The molecule has 1 rings (SSSR count). The fourth-order valence-corrected chi connectivity index (χ4v) is 2.26. The van der Waals surface area contributed by atoms with E-state index in [9.17, 15) is 13.2 Å². The van der Waals surface area contributed by atoms with Gasteiger partial charge in [0, 0.05) is 0 Å². The second-order valence-corrected chi connectivity index (χ2v) is 3.91. The van der Waals surface area contributed by atoms with Crippen LogP contribution in [-0.4, -0.2) is 12.2 Å².